The molecular weight excluding hydrogens is 370 g/mol. The third kappa shape index (κ3) is 4.76. The predicted octanol–water partition coefficient (Wildman–Crippen LogP) is 3.31. The average molecular weight is 399 g/mol. The minimum atomic E-state index is -0.542. The van der Waals surface area contributed by atoms with Gasteiger partial charge in [0.15, 0.2) is 0 Å². The van der Waals surface area contributed by atoms with Crippen LogP contribution in [0, 0.1) is 0 Å². The summed E-state index contributed by atoms with van der Waals surface area (Å²) < 4.78 is 7.70. The van der Waals surface area contributed by atoms with Crippen LogP contribution in [0.2, 0.25) is 0 Å². The van der Waals surface area contributed by atoms with Gasteiger partial charge in [-0.25, -0.2) is 9.78 Å². The molecule has 0 fully saturated rings. The lowest BCUT2D eigenvalue weighted by molar-refractivity contribution is 0.124. The zero-order chi connectivity index (χ0) is 21.2. The van der Waals surface area contributed by atoms with Gasteiger partial charge in [0.1, 0.15) is 23.7 Å². The van der Waals surface area contributed by atoms with Gasteiger partial charge in [0.2, 0.25) is 0 Å². The molecule has 29 heavy (non-hydrogen) atoms. The highest BCUT2D eigenvalue weighted by molar-refractivity contribution is 6.02. The Labute approximate surface area is 170 Å². The molecule has 8 nitrogen and oxygen atoms in total. The number of urea groups is 1. The van der Waals surface area contributed by atoms with Crippen molar-refractivity contribution in [3.8, 4) is 5.75 Å². The Balaban J connectivity index is 2.06. The van der Waals surface area contributed by atoms with Crippen molar-refractivity contribution in [1.29, 1.82) is 0 Å². The van der Waals surface area contributed by atoms with Crippen molar-refractivity contribution in [2.75, 3.05) is 6.61 Å². The number of amides is 2. The fraction of sp³-hybridized carbons (Fsp3) is 0.476. The maximum atomic E-state index is 12.3. The molecule has 2 amide bonds. The summed E-state index contributed by atoms with van der Waals surface area (Å²) in [6, 6.07) is 4.96. The summed E-state index contributed by atoms with van der Waals surface area (Å²) in [7, 11) is 0. The second-order valence-corrected chi connectivity index (χ2v) is 8.08. The minimum absolute atomic E-state index is 0.0519. The number of phenolic OH excluding ortho intramolecular Hbond substituents is 1. The number of aromatic nitrogens is 3. The van der Waals surface area contributed by atoms with Crippen LogP contribution in [-0.2, 0) is 17.9 Å². The first-order valence-corrected chi connectivity index (χ1v) is 9.83. The molecule has 0 unspecified atom stereocenters. The molecule has 0 saturated heterocycles. The second-order valence-electron chi connectivity index (χ2n) is 8.08. The third-order valence-corrected chi connectivity index (χ3v) is 4.50. The molecule has 0 atom stereocenters. The number of aromatic hydroxyl groups is 1. The van der Waals surface area contributed by atoms with Gasteiger partial charge in [-0.05, 0) is 46.8 Å². The van der Waals surface area contributed by atoms with Gasteiger partial charge in [0, 0.05) is 30.6 Å². The largest absolute Gasteiger partial charge is 0.508 e. The van der Waals surface area contributed by atoms with Crippen LogP contribution in [0.5, 0.6) is 5.75 Å². The monoisotopic (exact) mass is 399 g/mol. The van der Waals surface area contributed by atoms with Crippen molar-refractivity contribution in [2.24, 2.45) is 0 Å². The third-order valence-electron chi connectivity index (χ3n) is 4.50. The molecule has 0 aliphatic heterocycles. The molecule has 0 bridgehead atoms. The topological polar surface area (TPSA) is 101 Å². The summed E-state index contributed by atoms with van der Waals surface area (Å²) in [6.45, 7) is 11.2. The first-order valence-electron chi connectivity index (χ1n) is 9.83. The van der Waals surface area contributed by atoms with Crippen LogP contribution in [0.25, 0.3) is 21.9 Å². The fourth-order valence-electron chi connectivity index (χ4n) is 3.37. The summed E-state index contributed by atoms with van der Waals surface area (Å²) in [5.74, 6) is 0.931. The number of nitrogens with zero attached hydrogens (tertiary/aromatic N) is 3. The SMILES string of the molecule is CCOCc1nc2cnc3cc(O)ccc3c2n1CC(C)(C)NC(=O)NC(C)C. The minimum Gasteiger partial charge on any atom is -0.508 e. The van der Waals surface area contributed by atoms with Crippen LogP contribution in [0.3, 0.4) is 0 Å². The molecule has 0 aliphatic carbocycles. The van der Waals surface area contributed by atoms with Crippen molar-refractivity contribution in [3.05, 3.63) is 30.2 Å². The molecule has 0 radical (unpaired) electrons. The molecule has 2 heterocycles. The van der Waals surface area contributed by atoms with Crippen LogP contribution in [-0.4, -0.2) is 43.9 Å². The van der Waals surface area contributed by atoms with Gasteiger partial charge in [-0.15, -0.1) is 0 Å². The average Bonchev–Trinajstić information content (AvgIpc) is 2.95. The van der Waals surface area contributed by atoms with Crippen molar-refractivity contribution in [3.63, 3.8) is 0 Å². The summed E-state index contributed by atoms with van der Waals surface area (Å²) >= 11 is 0. The molecule has 2 aromatic heterocycles. The lowest BCUT2D eigenvalue weighted by Gasteiger charge is -2.28. The van der Waals surface area contributed by atoms with E-state index >= 15 is 0 Å². The number of phenols is 1. The molecule has 0 aliphatic rings. The van der Waals surface area contributed by atoms with E-state index in [1.165, 1.54) is 0 Å². The molecule has 8 heteroatoms. The highest BCUT2D eigenvalue weighted by Crippen LogP contribution is 2.28. The molecule has 3 aromatic rings. The molecule has 1 aromatic carbocycles. The highest BCUT2D eigenvalue weighted by atomic mass is 16.5. The van der Waals surface area contributed by atoms with Crippen molar-refractivity contribution < 1.29 is 14.6 Å². The number of ether oxygens (including phenoxy) is 1. The summed E-state index contributed by atoms with van der Waals surface area (Å²) in [6.07, 6.45) is 1.70. The van der Waals surface area contributed by atoms with Gasteiger partial charge in [-0.3, -0.25) is 4.98 Å². The molecule has 3 rings (SSSR count). The first-order chi connectivity index (χ1) is 13.7. The predicted molar refractivity (Wildman–Crippen MR) is 113 cm³/mol. The van der Waals surface area contributed by atoms with Crippen LogP contribution < -0.4 is 10.6 Å². The van der Waals surface area contributed by atoms with Crippen LogP contribution in [0.4, 0.5) is 4.79 Å². The van der Waals surface area contributed by atoms with Crippen LogP contribution in [0.15, 0.2) is 24.4 Å². The Bertz CT molecular complexity index is 1030. The Morgan fingerprint density at radius 2 is 2.07 bits per heavy atom. The second kappa shape index (κ2) is 8.24. The number of carbonyl (C=O) groups excluding carboxylic acids is 1. The lowest BCUT2D eigenvalue weighted by atomic mass is 10.1. The standard InChI is InChI=1S/C21H29N5O3/c1-6-29-11-18-24-17-10-22-16-9-14(27)7-8-15(16)19(17)26(18)12-21(4,5)25-20(28)23-13(2)3/h7-10,13,27H,6,11-12H2,1-5H3,(H2,23,25,28). The van der Waals surface area contributed by atoms with E-state index in [4.69, 9.17) is 9.72 Å². The molecule has 3 N–H and O–H groups in total. The van der Waals surface area contributed by atoms with E-state index in [0.29, 0.717) is 25.3 Å². The van der Waals surface area contributed by atoms with Crippen molar-refractivity contribution >= 4 is 28.0 Å². The van der Waals surface area contributed by atoms with Gasteiger partial charge < -0.3 is 25.0 Å². The van der Waals surface area contributed by atoms with E-state index < -0.39 is 5.54 Å². The number of hydrogen-bond acceptors (Lipinski definition) is 5. The van der Waals surface area contributed by atoms with Crippen LogP contribution >= 0.6 is 0 Å². The Morgan fingerprint density at radius 3 is 2.76 bits per heavy atom. The smallest absolute Gasteiger partial charge is 0.315 e. The molecular formula is C21H29N5O3. The summed E-state index contributed by atoms with van der Waals surface area (Å²) in [5, 5.41) is 16.6. The quantitative estimate of drug-likeness (QED) is 0.566. The highest BCUT2D eigenvalue weighted by Gasteiger charge is 2.25. The molecule has 156 valence electrons. The van der Waals surface area contributed by atoms with Crippen molar-refractivity contribution in [1.82, 2.24) is 25.2 Å². The van der Waals surface area contributed by atoms with E-state index in [1.54, 1.807) is 18.3 Å². The number of imidazole rings is 1. The van der Waals surface area contributed by atoms with Gasteiger partial charge in [-0.1, -0.05) is 0 Å². The van der Waals surface area contributed by atoms with Crippen LogP contribution in [0.1, 0.15) is 40.4 Å². The number of nitrogens with one attached hydrogen (secondary N) is 2. The van der Waals surface area contributed by atoms with E-state index in [2.05, 4.69) is 20.2 Å². The van der Waals surface area contributed by atoms with Gasteiger partial charge in [0.25, 0.3) is 0 Å². The zero-order valence-electron chi connectivity index (χ0n) is 17.6. The van der Waals surface area contributed by atoms with Gasteiger partial charge >= 0.3 is 6.03 Å². The molecule has 0 saturated carbocycles. The normalized spacial score (nSPS) is 12.1. The number of rotatable bonds is 7. The Morgan fingerprint density at radius 1 is 1.31 bits per heavy atom. The maximum Gasteiger partial charge on any atom is 0.315 e. The number of pyridine rings is 1. The van der Waals surface area contributed by atoms with Crippen molar-refractivity contribution in [2.45, 2.75) is 59.4 Å². The summed E-state index contributed by atoms with van der Waals surface area (Å²) in [4.78, 5) is 21.4. The first kappa shape index (κ1) is 20.9. The number of fused-ring (bicyclic) bond motifs is 3. The Hall–Kier alpha value is -2.87. The number of hydrogen-bond donors (Lipinski definition) is 3. The van der Waals surface area contributed by atoms with E-state index in [0.717, 1.165) is 22.2 Å². The van der Waals surface area contributed by atoms with E-state index in [1.807, 2.05) is 40.7 Å². The van der Waals surface area contributed by atoms with E-state index in [9.17, 15) is 9.90 Å². The van der Waals surface area contributed by atoms with E-state index in [-0.39, 0.29) is 17.8 Å². The Kier molecular flexibility index (Phi) is 5.93. The molecule has 0 spiro atoms. The number of benzene rings is 1. The van der Waals surface area contributed by atoms with Gasteiger partial charge in [-0.2, -0.15) is 0 Å². The van der Waals surface area contributed by atoms with Gasteiger partial charge in [0.05, 0.1) is 22.8 Å². The fourth-order valence-corrected chi connectivity index (χ4v) is 3.37. The lowest BCUT2D eigenvalue weighted by Crippen LogP contribution is -2.52. The number of carbonyl (C=O) groups is 1. The maximum absolute atomic E-state index is 12.3. The zero-order valence-corrected chi connectivity index (χ0v) is 17.6. The summed E-state index contributed by atoms with van der Waals surface area (Å²) in [5.41, 5.74) is 1.80.